The number of hydrogen-bond donors (Lipinski definition) is 1. The molecule has 0 bridgehead atoms. The molecule has 0 amide bonds. The molecule has 142 valence electrons. The molecule has 0 aliphatic carbocycles. The highest BCUT2D eigenvalue weighted by Crippen LogP contribution is 2.23. The highest BCUT2D eigenvalue weighted by molar-refractivity contribution is 5.95. The number of benzene rings is 2. The summed E-state index contributed by atoms with van der Waals surface area (Å²) in [6, 6.07) is 17.5. The Hall–Kier alpha value is -3.25. The first-order valence-corrected chi connectivity index (χ1v) is 9.33. The Morgan fingerprint density at radius 2 is 1.86 bits per heavy atom. The number of ether oxygens (including phenoxy) is 1. The van der Waals surface area contributed by atoms with Crippen LogP contribution >= 0.6 is 0 Å². The molecule has 1 saturated heterocycles. The first-order chi connectivity index (χ1) is 13.7. The molecule has 1 fully saturated rings. The molecule has 2 aromatic carbocycles. The smallest absolute Gasteiger partial charge is 0.161 e. The van der Waals surface area contributed by atoms with Gasteiger partial charge in [0.2, 0.25) is 0 Å². The molecule has 0 spiro atoms. The van der Waals surface area contributed by atoms with Gasteiger partial charge in [0.25, 0.3) is 0 Å². The van der Waals surface area contributed by atoms with Gasteiger partial charge in [0.05, 0.1) is 13.2 Å². The minimum Gasteiger partial charge on any atom is -0.378 e. The number of nitrogens with zero attached hydrogens (tertiary/aromatic N) is 3. The summed E-state index contributed by atoms with van der Waals surface area (Å²) in [6.07, 6.45) is 1.72. The van der Waals surface area contributed by atoms with Crippen molar-refractivity contribution in [1.82, 2.24) is 9.97 Å². The molecule has 0 radical (unpaired) electrons. The van der Waals surface area contributed by atoms with Crippen LogP contribution in [0, 0.1) is 0 Å². The molecule has 1 aromatic heterocycles. The highest BCUT2D eigenvalue weighted by Gasteiger charge is 2.11. The SMILES string of the molecule is CC(=O)c1cccc(-c2nccc(Nc3ccc(N4CCOCC4)cc3)n2)c1. The lowest BCUT2D eigenvalue weighted by molar-refractivity contribution is 0.101. The molecule has 6 heteroatoms. The topological polar surface area (TPSA) is 67.4 Å². The van der Waals surface area contributed by atoms with E-state index in [2.05, 4.69) is 32.3 Å². The quantitative estimate of drug-likeness (QED) is 0.683. The van der Waals surface area contributed by atoms with Crippen molar-refractivity contribution in [2.24, 2.45) is 0 Å². The van der Waals surface area contributed by atoms with E-state index in [4.69, 9.17) is 4.74 Å². The van der Waals surface area contributed by atoms with Crippen molar-refractivity contribution >= 4 is 23.0 Å². The largest absolute Gasteiger partial charge is 0.378 e. The predicted molar refractivity (Wildman–Crippen MR) is 110 cm³/mol. The monoisotopic (exact) mass is 374 g/mol. The highest BCUT2D eigenvalue weighted by atomic mass is 16.5. The predicted octanol–water partition coefficient (Wildman–Crippen LogP) is 3.93. The van der Waals surface area contributed by atoms with Gasteiger partial charge in [-0.1, -0.05) is 18.2 Å². The molecule has 3 aromatic rings. The van der Waals surface area contributed by atoms with Crippen molar-refractivity contribution in [2.75, 3.05) is 36.5 Å². The first-order valence-electron chi connectivity index (χ1n) is 9.33. The average Bonchev–Trinajstić information content (AvgIpc) is 2.75. The number of carbonyl (C=O) groups is 1. The summed E-state index contributed by atoms with van der Waals surface area (Å²) in [6.45, 7) is 4.93. The molecule has 1 aliphatic rings. The molecule has 4 rings (SSSR count). The molecule has 0 atom stereocenters. The summed E-state index contributed by atoms with van der Waals surface area (Å²) in [5.41, 5.74) is 3.62. The van der Waals surface area contributed by atoms with E-state index in [-0.39, 0.29) is 5.78 Å². The minimum absolute atomic E-state index is 0.0245. The van der Waals surface area contributed by atoms with Gasteiger partial charge in [-0.2, -0.15) is 0 Å². The van der Waals surface area contributed by atoms with E-state index in [1.807, 2.05) is 36.4 Å². The second-order valence-electron chi connectivity index (χ2n) is 6.67. The minimum atomic E-state index is 0.0245. The summed E-state index contributed by atoms with van der Waals surface area (Å²) in [7, 11) is 0. The number of carbonyl (C=O) groups excluding carboxylic acids is 1. The zero-order chi connectivity index (χ0) is 19.3. The standard InChI is InChI=1S/C22H22N4O2/c1-16(27)17-3-2-4-18(15-17)22-23-10-9-21(25-22)24-19-5-7-20(8-6-19)26-11-13-28-14-12-26/h2-10,15H,11-14H2,1H3,(H,23,24,25). The van der Waals surface area contributed by atoms with E-state index in [0.29, 0.717) is 17.2 Å². The van der Waals surface area contributed by atoms with Crippen LogP contribution in [0.1, 0.15) is 17.3 Å². The summed E-state index contributed by atoms with van der Waals surface area (Å²) in [5.74, 6) is 1.31. The van der Waals surface area contributed by atoms with Gasteiger partial charge in [0.1, 0.15) is 5.82 Å². The fourth-order valence-electron chi connectivity index (χ4n) is 3.17. The maximum absolute atomic E-state index is 11.6. The summed E-state index contributed by atoms with van der Waals surface area (Å²) in [5, 5.41) is 3.32. The van der Waals surface area contributed by atoms with Gasteiger partial charge in [-0.05, 0) is 43.3 Å². The van der Waals surface area contributed by atoms with E-state index >= 15 is 0 Å². The number of ketones is 1. The van der Waals surface area contributed by atoms with Gasteiger partial charge >= 0.3 is 0 Å². The molecular formula is C22H22N4O2. The molecule has 1 N–H and O–H groups in total. The van der Waals surface area contributed by atoms with Crippen LogP contribution in [0.3, 0.4) is 0 Å². The third kappa shape index (κ3) is 4.18. The number of aromatic nitrogens is 2. The Labute approximate surface area is 164 Å². The fraction of sp³-hybridized carbons (Fsp3) is 0.227. The van der Waals surface area contributed by atoms with E-state index in [1.165, 1.54) is 5.69 Å². The lowest BCUT2D eigenvalue weighted by Crippen LogP contribution is -2.36. The summed E-state index contributed by atoms with van der Waals surface area (Å²) >= 11 is 0. The normalized spacial score (nSPS) is 14.0. The molecule has 1 aliphatic heterocycles. The van der Waals surface area contributed by atoms with E-state index in [0.717, 1.165) is 37.6 Å². The fourth-order valence-corrected chi connectivity index (χ4v) is 3.17. The van der Waals surface area contributed by atoms with Crippen molar-refractivity contribution in [1.29, 1.82) is 0 Å². The van der Waals surface area contributed by atoms with Crippen molar-refractivity contribution in [3.63, 3.8) is 0 Å². The Balaban J connectivity index is 1.50. The Morgan fingerprint density at radius 1 is 1.07 bits per heavy atom. The lowest BCUT2D eigenvalue weighted by Gasteiger charge is -2.28. The molecular weight excluding hydrogens is 352 g/mol. The number of hydrogen-bond acceptors (Lipinski definition) is 6. The van der Waals surface area contributed by atoms with Gasteiger partial charge in [0.15, 0.2) is 11.6 Å². The van der Waals surface area contributed by atoms with Gasteiger partial charge in [-0.25, -0.2) is 9.97 Å². The third-order valence-electron chi connectivity index (χ3n) is 4.70. The molecule has 28 heavy (non-hydrogen) atoms. The lowest BCUT2D eigenvalue weighted by atomic mass is 10.1. The Morgan fingerprint density at radius 3 is 2.61 bits per heavy atom. The van der Waals surface area contributed by atoms with Gasteiger partial charge in [-0.3, -0.25) is 4.79 Å². The summed E-state index contributed by atoms with van der Waals surface area (Å²) in [4.78, 5) is 22.9. The van der Waals surface area contributed by atoms with Crippen LogP contribution in [0.25, 0.3) is 11.4 Å². The Kier molecular flexibility index (Phi) is 5.30. The zero-order valence-corrected chi connectivity index (χ0v) is 15.8. The molecule has 2 heterocycles. The molecule has 0 saturated carbocycles. The summed E-state index contributed by atoms with van der Waals surface area (Å²) < 4.78 is 5.41. The van der Waals surface area contributed by atoms with Gasteiger partial charge in [-0.15, -0.1) is 0 Å². The van der Waals surface area contributed by atoms with Crippen LogP contribution in [-0.2, 0) is 4.74 Å². The van der Waals surface area contributed by atoms with Crippen molar-refractivity contribution in [3.05, 3.63) is 66.4 Å². The van der Waals surface area contributed by atoms with Crippen LogP contribution in [0.4, 0.5) is 17.2 Å². The van der Waals surface area contributed by atoms with E-state index < -0.39 is 0 Å². The van der Waals surface area contributed by atoms with Crippen molar-refractivity contribution < 1.29 is 9.53 Å². The molecule has 6 nitrogen and oxygen atoms in total. The number of rotatable bonds is 5. The first kappa shape index (κ1) is 18.1. The van der Waals surface area contributed by atoms with Crippen LogP contribution in [0.15, 0.2) is 60.8 Å². The van der Waals surface area contributed by atoms with E-state index in [9.17, 15) is 4.79 Å². The van der Waals surface area contributed by atoms with Crippen LogP contribution in [-0.4, -0.2) is 42.1 Å². The second kappa shape index (κ2) is 8.19. The van der Waals surface area contributed by atoms with Crippen LogP contribution < -0.4 is 10.2 Å². The second-order valence-corrected chi connectivity index (χ2v) is 6.67. The third-order valence-corrected chi connectivity index (χ3v) is 4.70. The average molecular weight is 374 g/mol. The van der Waals surface area contributed by atoms with Crippen LogP contribution in [0.2, 0.25) is 0 Å². The van der Waals surface area contributed by atoms with Crippen molar-refractivity contribution in [2.45, 2.75) is 6.92 Å². The number of anilines is 3. The maximum Gasteiger partial charge on any atom is 0.161 e. The van der Waals surface area contributed by atoms with Gasteiger partial charge in [0, 0.05) is 41.8 Å². The Bertz CT molecular complexity index is 966. The van der Waals surface area contributed by atoms with Crippen molar-refractivity contribution in [3.8, 4) is 11.4 Å². The number of nitrogens with one attached hydrogen (secondary N) is 1. The molecule has 0 unspecified atom stereocenters. The van der Waals surface area contributed by atoms with Gasteiger partial charge < -0.3 is 15.0 Å². The van der Waals surface area contributed by atoms with E-state index in [1.54, 1.807) is 19.2 Å². The number of Topliss-reactive ketones (excluding diaryl/α,β-unsaturated/α-hetero) is 1. The zero-order valence-electron chi connectivity index (χ0n) is 15.8. The number of morpholine rings is 1. The maximum atomic E-state index is 11.6. The van der Waals surface area contributed by atoms with Crippen LogP contribution in [0.5, 0.6) is 0 Å².